The van der Waals surface area contributed by atoms with Crippen LogP contribution in [0.4, 0.5) is 5.69 Å². The molecule has 0 amide bonds. The molecule has 2 aromatic rings. The summed E-state index contributed by atoms with van der Waals surface area (Å²) in [4.78, 5) is 0. The van der Waals surface area contributed by atoms with Crippen LogP contribution in [0.15, 0.2) is 46.9 Å². The van der Waals surface area contributed by atoms with Crippen molar-refractivity contribution in [3.8, 4) is 0 Å². The van der Waals surface area contributed by atoms with E-state index in [0.29, 0.717) is 6.04 Å². The second-order valence-electron chi connectivity index (χ2n) is 5.49. The fourth-order valence-electron chi connectivity index (χ4n) is 3.07. The maximum Gasteiger partial charge on any atom is 0.0519 e. The van der Waals surface area contributed by atoms with Crippen LogP contribution in [0.5, 0.6) is 0 Å². The summed E-state index contributed by atoms with van der Waals surface area (Å²) in [5.41, 5.74) is 5.67. The molecule has 1 aliphatic rings. The molecule has 1 unspecified atom stereocenters. The van der Waals surface area contributed by atoms with Crippen LogP contribution in [0.1, 0.15) is 42.5 Å². The topological polar surface area (TPSA) is 12.0 Å². The molecule has 104 valence electrons. The highest BCUT2D eigenvalue weighted by Gasteiger charge is 2.22. The van der Waals surface area contributed by atoms with Crippen LogP contribution >= 0.6 is 15.9 Å². The first-order valence-electron chi connectivity index (χ1n) is 7.40. The fourth-order valence-corrected chi connectivity index (χ4v) is 3.48. The molecule has 20 heavy (non-hydrogen) atoms. The number of nitrogens with one attached hydrogen (secondary N) is 1. The quantitative estimate of drug-likeness (QED) is 0.780. The summed E-state index contributed by atoms with van der Waals surface area (Å²) in [6.45, 7) is 2.24. The molecular weight excluding hydrogens is 310 g/mol. The van der Waals surface area contributed by atoms with E-state index in [1.165, 1.54) is 46.1 Å². The van der Waals surface area contributed by atoms with E-state index in [9.17, 15) is 0 Å². The maximum absolute atomic E-state index is 3.75. The van der Waals surface area contributed by atoms with Crippen molar-refractivity contribution in [2.24, 2.45) is 0 Å². The highest BCUT2D eigenvalue weighted by molar-refractivity contribution is 9.10. The first-order valence-corrected chi connectivity index (χ1v) is 8.20. The predicted octanol–water partition coefficient (Wildman–Crippen LogP) is 5.50. The molecule has 0 aliphatic heterocycles. The molecule has 3 rings (SSSR count). The minimum absolute atomic E-state index is 0.455. The molecule has 0 saturated carbocycles. The van der Waals surface area contributed by atoms with Gasteiger partial charge in [-0.1, -0.05) is 53.5 Å². The standard InChI is InChI=1S/C18H20BrN/c1-2-5-13-6-3-4-7-17(13)20-18-11-8-14-12-15(19)9-10-16(14)18/h3-4,6-7,9-10,12,18,20H,2,5,8,11H2,1H3. The Morgan fingerprint density at radius 2 is 2.05 bits per heavy atom. The van der Waals surface area contributed by atoms with Crippen molar-refractivity contribution in [2.75, 3.05) is 5.32 Å². The van der Waals surface area contributed by atoms with Gasteiger partial charge in [0.2, 0.25) is 0 Å². The number of halogens is 1. The molecule has 0 aromatic heterocycles. The molecule has 0 spiro atoms. The number of hydrogen-bond acceptors (Lipinski definition) is 1. The molecular formula is C18H20BrN. The Kier molecular flexibility index (Phi) is 4.11. The number of benzene rings is 2. The zero-order valence-electron chi connectivity index (χ0n) is 11.8. The molecule has 1 atom stereocenters. The summed E-state index contributed by atoms with van der Waals surface area (Å²) in [6.07, 6.45) is 4.69. The van der Waals surface area contributed by atoms with Crippen molar-refractivity contribution >= 4 is 21.6 Å². The second-order valence-corrected chi connectivity index (χ2v) is 6.40. The third-order valence-corrected chi connectivity index (χ3v) is 4.54. The number of aryl methyl sites for hydroxylation is 2. The van der Waals surface area contributed by atoms with Crippen LogP contribution in [0.3, 0.4) is 0 Å². The van der Waals surface area contributed by atoms with E-state index in [-0.39, 0.29) is 0 Å². The van der Waals surface area contributed by atoms with Gasteiger partial charge >= 0.3 is 0 Å². The zero-order valence-corrected chi connectivity index (χ0v) is 13.4. The van der Waals surface area contributed by atoms with E-state index in [1.54, 1.807) is 0 Å². The van der Waals surface area contributed by atoms with Crippen LogP contribution in [-0.4, -0.2) is 0 Å². The maximum atomic E-state index is 3.75. The Morgan fingerprint density at radius 1 is 1.20 bits per heavy atom. The molecule has 0 heterocycles. The normalized spacial score (nSPS) is 17.0. The Balaban J connectivity index is 1.84. The van der Waals surface area contributed by atoms with Gasteiger partial charge in [-0.05, 0) is 54.2 Å². The largest absolute Gasteiger partial charge is 0.378 e. The Hall–Kier alpha value is -1.28. The lowest BCUT2D eigenvalue weighted by molar-refractivity contribution is 0.758. The van der Waals surface area contributed by atoms with Gasteiger partial charge in [-0.3, -0.25) is 0 Å². The summed E-state index contributed by atoms with van der Waals surface area (Å²) in [7, 11) is 0. The van der Waals surface area contributed by atoms with Crippen LogP contribution in [0.25, 0.3) is 0 Å². The second kappa shape index (κ2) is 6.01. The number of rotatable bonds is 4. The van der Waals surface area contributed by atoms with E-state index < -0.39 is 0 Å². The van der Waals surface area contributed by atoms with Gasteiger partial charge in [0, 0.05) is 10.2 Å². The van der Waals surface area contributed by atoms with Gasteiger partial charge in [-0.2, -0.15) is 0 Å². The number of fused-ring (bicyclic) bond motifs is 1. The van der Waals surface area contributed by atoms with Gasteiger partial charge in [0.05, 0.1) is 6.04 Å². The highest BCUT2D eigenvalue weighted by atomic mass is 79.9. The predicted molar refractivity (Wildman–Crippen MR) is 89.3 cm³/mol. The van der Waals surface area contributed by atoms with Crippen molar-refractivity contribution in [3.63, 3.8) is 0 Å². The van der Waals surface area contributed by atoms with Gasteiger partial charge in [0.25, 0.3) is 0 Å². The van der Waals surface area contributed by atoms with E-state index in [0.717, 1.165) is 6.42 Å². The SMILES string of the molecule is CCCc1ccccc1NC1CCc2cc(Br)ccc21. The first-order chi connectivity index (χ1) is 9.78. The lowest BCUT2D eigenvalue weighted by Crippen LogP contribution is -2.08. The Bertz CT molecular complexity index is 606. The van der Waals surface area contributed by atoms with Crippen LogP contribution < -0.4 is 5.32 Å². The molecule has 0 fully saturated rings. The van der Waals surface area contributed by atoms with Crippen molar-refractivity contribution in [1.82, 2.24) is 0 Å². The van der Waals surface area contributed by atoms with Gasteiger partial charge < -0.3 is 5.32 Å². The first kappa shape index (κ1) is 13.7. The van der Waals surface area contributed by atoms with Gasteiger partial charge in [0.15, 0.2) is 0 Å². The third-order valence-electron chi connectivity index (χ3n) is 4.05. The van der Waals surface area contributed by atoms with Crippen molar-refractivity contribution < 1.29 is 0 Å². The van der Waals surface area contributed by atoms with Crippen molar-refractivity contribution in [1.29, 1.82) is 0 Å². The Morgan fingerprint density at radius 3 is 2.90 bits per heavy atom. The van der Waals surface area contributed by atoms with Crippen LogP contribution in [-0.2, 0) is 12.8 Å². The Labute approximate surface area is 129 Å². The smallest absolute Gasteiger partial charge is 0.0519 e. The van der Waals surface area contributed by atoms with Gasteiger partial charge in [-0.15, -0.1) is 0 Å². The van der Waals surface area contributed by atoms with E-state index >= 15 is 0 Å². The molecule has 1 N–H and O–H groups in total. The van der Waals surface area contributed by atoms with Crippen molar-refractivity contribution in [2.45, 2.75) is 38.6 Å². The summed E-state index contributed by atoms with van der Waals surface area (Å²) < 4.78 is 1.18. The van der Waals surface area contributed by atoms with E-state index in [4.69, 9.17) is 0 Å². The lowest BCUT2D eigenvalue weighted by Gasteiger charge is -2.18. The average Bonchev–Trinajstić information content (AvgIpc) is 2.83. The minimum Gasteiger partial charge on any atom is -0.378 e. The summed E-state index contributed by atoms with van der Waals surface area (Å²) in [5.74, 6) is 0. The summed E-state index contributed by atoms with van der Waals surface area (Å²) in [5, 5.41) is 3.75. The number of para-hydroxylation sites is 1. The molecule has 0 saturated heterocycles. The minimum atomic E-state index is 0.455. The highest BCUT2D eigenvalue weighted by Crippen LogP contribution is 2.36. The van der Waals surface area contributed by atoms with Crippen molar-refractivity contribution in [3.05, 3.63) is 63.6 Å². The van der Waals surface area contributed by atoms with Gasteiger partial charge in [0.1, 0.15) is 0 Å². The molecule has 0 radical (unpaired) electrons. The zero-order chi connectivity index (χ0) is 13.9. The molecule has 2 aromatic carbocycles. The molecule has 0 bridgehead atoms. The molecule has 2 heteroatoms. The molecule has 1 nitrogen and oxygen atoms in total. The summed E-state index contributed by atoms with van der Waals surface area (Å²) >= 11 is 3.56. The fraction of sp³-hybridized carbons (Fsp3) is 0.333. The summed E-state index contributed by atoms with van der Waals surface area (Å²) in [6, 6.07) is 15.8. The number of hydrogen-bond donors (Lipinski definition) is 1. The van der Waals surface area contributed by atoms with Crippen LogP contribution in [0.2, 0.25) is 0 Å². The third kappa shape index (κ3) is 2.76. The van der Waals surface area contributed by atoms with E-state index in [1.807, 2.05) is 0 Å². The monoisotopic (exact) mass is 329 g/mol. The van der Waals surface area contributed by atoms with E-state index in [2.05, 4.69) is 70.6 Å². The molecule has 1 aliphatic carbocycles. The average molecular weight is 330 g/mol. The lowest BCUT2D eigenvalue weighted by atomic mass is 10.0. The van der Waals surface area contributed by atoms with Crippen LogP contribution in [0, 0.1) is 0 Å². The van der Waals surface area contributed by atoms with Gasteiger partial charge in [-0.25, -0.2) is 0 Å². The number of anilines is 1.